The van der Waals surface area contributed by atoms with E-state index in [1.54, 1.807) is 0 Å². The number of unbranched alkanes of at least 4 members (excludes halogenated alkanes) is 21. The van der Waals surface area contributed by atoms with Gasteiger partial charge in [-0.2, -0.15) is 0 Å². The third-order valence-electron chi connectivity index (χ3n) is 11.4. The van der Waals surface area contributed by atoms with Gasteiger partial charge in [-0.05, 0) is 70.6 Å². The number of quaternary nitrogens is 1. The molecule has 2 unspecified atom stereocenters. The minimum absolute atomic E-state index is 0.0360. The number of nitrogens with zero attached hydrogens (tertiary/aromatic N) is 1. The standard InChI is InChI=1S/C58H102NO8P/c1-6-8-10-12-14-16-18-20-22-23-24-25-26-27-28-29-30-31-32-33-34-35-37-39-41-43-45-47-49-51-58(61)67-56(55-66-68(62,63)65-53-52-59(3,4)5)54-64-57(60)50-48-46-44-42-40-38-36-21-19-17-15-13-11-9-7-2/h8,10,14,16,20,22,24-25,27-28,30-31,33-34,56H,6-7,9,11-13,15,17-19,21,23,26,29,32,35-55H2,1-5H3/b10-8-,16-14-,22-20-,25-24-,28-27-,31-30-,34-33-. The molecule has 0 radical (unpaired) electrons. The lowest BCUT2D eigenvalue weighted by Crippen LogP contribution is -2.37. The van der Waals surface area contributed by atoms with Crippen LogP contribution < -0.4 is 4.89 Å². The quantitative estimate of drug-likeness (QED) is 0.0195. The van der Waals surface area contributed by atoms with Crippen molar-refractivity contribution in [2.45, 2.75) is 225 Å². The van der Waals surface area contributed by atoms with Crippen molar-refractivity contribution in [2.24, 2.45) is 0 Å². The lowest BCUT2D eigenvalue weighted by molar-refractivity contribution is -0.870. The minimum atomic E-state index is -4.64. The van der Waals surface area contributed by atoms with Crippen molar-refractivity contribution in [3.63, 3.8) is 0 Å². The fraction of sp³-hybridized carbons (Fsp3) is 0.724. The number of carbonyl (C=O) groups is 2. The van der Waals surface area contributed by atoms with Crippen LogP contribution in [0.4, 0.5) is 0 Å². The molecule has 0 aromatic heterocycles. The molecule has 0 fully saturated rings. The summed E-state index contributed by atoms with van der Waals surface area (Å²) < 4.78 is 34.1. The van der Waals surface area contributed by atoms with Gasteiger partial charge in [0.1, 0.15) is 19.8 Å². The van der Waals surface area contributed by atoms with Gasteiger partial charge in [-0.15, -0.1) is 0 Å². The van der Waals surface area contributed by atoms with Crippen LogP contribution in [0.1, 0.15) is 219 Å². The van der Waals surface area contributed by atoms with E-state index in [0.29, 0.717) is 17.4 Å². The summed E-state index contributed by atoms with van der Waals surface area (Å²) >= 11 is 0. The predicted molar refractivity (Wildman–Crippen MR) is 286 cm³/mol. The third-order valence-corrected chi connectivity index (χ3v) is 12.4. The lowest BCUT2D eigenvalue weighted by Gasteiger charge is -2.28. The van der Waals surface area contributed by atoms with Gasteiger partial charge in [0.05, 0.1) is 27.7 Å². The molecule has 9 nitrogen and oxygen atoms in total. The van der Waals surface area contributed by atoms with Crippen LogP contribution in [0.15, 0.2) is 85.1 Å². The Morgan fingerprint density at radius 3 is 1.25 bits per heavy atom. The Morgan fingerprint density at radius 2 is 0.838 bits per heavy atom. The summed E-state index contributed by atoms with van der Waals surface area (Å²) in [4.78, 5) is 37.8. The lowest BCUT2D eigenvalue weighted by atomic mass is 10.0. The summed E-state index contributed by atoms with van der Waals surface area (Å²) in [6.07, 6.45) is 64.7. The van der Waals surface area contributed by atoms with E-state index in [4.69, 9.17) is 18.5 Å². The van der Waals surface area contributed by atoms with E-state index >= 15 is 0 Å². The maximum Gasteiger partial charge on any atom is 0.306 e. The van der Waals surface area contributed by atoms with Crippen LogP contribution in [0.2, 0.25) is 0 Å². The highest BCUT2D eigenvalue weighted by molar-refractivity contribution is 7.45. The number of hydrogen-bond acceptors (Lipinski definition) is 8. The molecule has 0 heterocycles. The second-order valence-electron chi connectivity index (χ2n) is 19.2. The van der Waals surface area contributed by atoms with E-state index in [1.165, 1.54) is 96.3 Å². The van der Waals surface area contributed by atoms with E-state index in [2.05, 4.69) is 98.9 Å². The Hall–Kier alpha value is -2.81. The first-order valence-corrected chi connectivity index (χ1v) is 28.8. The monoisotopic (exact) mass is 972 g/mol. The maximum atomic E-state index is 12.8. The highest BCUT2D eigenvalue weighted by Gasteiger charge is 2.21. The molecule has 0 aliphatic carbocycles. The summed E-state index contributed by atoms with van der Waals surface area (Å²) in [6.45, 7) is 4.11. The molecular weight excluding hydrogens is 870 g/mol. The van der Waals surface area contributed by atoms with Crippen molar-refractivity contribution in [3.05, 3.63) is 85.1 Å². The van der Waals surface area contributed by atoms with Gasteiger partial charge < -0.3 is 27.9 Å². The smallest absolute Gasteiger partial charge is 0.306 e. The molecule has 0 rings (SSSR count). The Bertz CT molecular complexity index is 1420. The summed E-state index contributed by atoms with van der Waals surface area (Å²) in [5.41, 5.74) is 0. The molecule has 392 valence electrons. The number of hydrogen-bond donors (Lipinski definition) is 0. The molecule has 0 aromatic carbocycles. The van der Waals surface area contributed by atoms with E-state index in [9.17, 15) is 19.0 Å². The van der Waals surface area contributed by atoms with Gasteiger partial charge in [0.2, 0.25) is 0 Å². The van der Waals surface area contributed by atoms with Crippen molar-refractivity contribution in [1.29, 1.82) is 0 Å². The van der Waals surface area contributed by atoms with Crippen molar-refractivity contribution in [3.8, 4) is 0 Å². The van der Waals surface area contributed by atoms with Crippen LogP contribution in [-0.2, 0) is 32.7 Å². The first kappa shape index (κ1) is 65.2. The van der Waals surface area contributed by atoms with Gasteiger partial charge in [-0.25, -0.2) is 0 Å². The van der Waals surface area contributed by atoms with E-state index in [0.717, 1.165) is 89.9 Å². The topological polar surface area (TPSA) is 111 Å². The fourth-order valence-corrected chi connectivity index (χ4v) is 7.95. The number of likely N-dealkylation sites (N-methyl/N-ethyl adjacent to an activating group) is 1. The predicted octanol–water partition coefficient (Wildman–Crippen LogP) is 16.1. The molecule has 0 bridgehead atoms. The molecule has 0 aliphatic heterocycles. The van der Waals surface area contributed by atoms with Crippen LogP contribution in [0, 0.1) is 0 Å². The van der Waals surface area contributed by atoms with Crippen molar-refractivity contribution >= 4 is 19.8 Å². The summed E-state index contributed by atoms with van der Waals surface area (Å²) in [5.74, 6) is -0.846. The first-order chi connectivity index (χ1) is 33.0. The van der Waals surface area contributed by atoms with Gasteiger partial charge in [0, 0.05) is 12.8 Å². The Kier molecular flexibility index (Phi) is 47.2. The maximum absolute atomic E-state index is 12.8. The van der Waals surface area contributed by atoms with Crippen molar-refractivity contribution in [1.82, 2.24) is 0 Å². The molecule has 0 aromatic rings. The highest BCUT2D eigenvalue weighted by atomic mass is 31.2. The number of rotatable bonds is 49. The first-order valence-electron chi connectivity index (χ1n) is 27.3. The molecule has 2 atom stereocenters. The molecule has 0 spiro atoms. The van der Waals surface area contributed by atoms with Crippen LogP contribution in [-0.4, -0.2) is 70.0 Å². The third kappa shape index (κ3) is 52.6. The zero-order valence-corrected chi connectivity index (χ0v) is 45.2. The number of phosphoric acid groups is 1. The summed E-state index contributed by atoms with van der Waals surface area (Å²) in [5, 5.41) is 0. The number of esters is 2. The molecular formula is C58H102NO8P. The molecule has 68 heavy (non-hydrogen) atoms. The molecule has 0 saturated heterocycles. The average molecular weight is 972 g/mol. The zero-order chi connectivity index (χ0) is 49.9. The van der Waals surface area contributed by atoms with Gasteiger partial charge in [-0.1, -0.05) is 221 Å². The van der Waals surface area contributed by atoms with Crippen LogP contribution in [0.3, 0.4) is 0 Å². The number of ether oxygens (including phenoxy) is 2. The average Bonchev–Trinajstić information content (AvgIpc) is 3.30. The van der Waals surface area contributed by atoms with Crippen LogP contribution >= 0.6 is 7.82 Å². The van der Waals surface area contributed by atoms with Crippen LogP contribution in [0.5, 0.6) is 0 Å². The largest absolute Gasteiger partial charge is 0.756 e. The van der Waals surface area contributed by atoms with E-state index < -0.39 is 26.5 Å². The molecule has 0 N–H and O–H groups in total. The van der Waals surface area contributed by atoms with Crippen molar-refractivity contribution in [2.75, 3.05) is 47.5 Å². The highest BCUT2D eigenvalue weighted by Crippen LogP contribution is 2.38. The Balaban J connectivity index is 4.23. The minimum Gasteiger partial charge on any atom is -0.756 e. The second-order valence-corrected chi connectivity index (χ2v) is 20.6. The van der Waals surface area contributed by atoms with E-state index in [-0.39, 0.29) is 32.0 Å². The zero-order valence-electron chi connectivity index (χ0n) is 44.3. The van der Waals surface area contributed by atoms with Gasteiger partial charge in [0.15, 0.2) is 6.10 Å². The second kappa shape index (κ2) is 49.2. The number of allylic oxidation sites excluding steroid dienone is 14. The van der Waals surface area contributed by atoms with Gasteiger partial charge >= 0.3 is 11.9 Å². The van der Waals surface area contributed by atoms with Gasteiger partial charge in [0.25, 0.3) is 7.82 Å². The normalized spacial score (nSPS) is 14.0. The summed E-state index contributed by atoms with van der Waals surface area (Å²) in [7, 11) is 1.15. The molecule has 0 amide bonds. The molecule has 0 aliphatic rings. The van der Waals surface area contributed by atoms with Crippen LogP contribution in [0.25, 0.3) is 0 Å². The fourth-order valence-electron chi connectivity index (χ4n) is 7.22. The molecule has 0 saturated carbocycles. The SMILES string of the molecule is CC/C=C\C/C=C\C/C=C\C/C=C\C/C=C\C/C=C\C/C=C\CCCCCCCCCC(=O)OC(COC(=O)CCCCCCCCCCCCCCCCC)COP(=O)([O-])OCC[N+](C)(C)C. The van der Waals surface area contributed by atoms with E-state index in [1.807, 2.05) is 21.1 Å². The van der Waals surface area contributed by atoms with Gasteiger partial charge in [-0.3, -0.25) is 14.2 Å². The molecule has 10 heteroatoms. The summed E-state index contributed by atoms with van der Waals surface area (Å²) in [6, 6.07) is 0. The number of phosphoric ester groups is 1. The van der Waals surface area contributed by atoms with Crippen molar-refractivity contribution < 1.29 is 42.1 Å². The Labute approximate surface area is 418 Å². The number of carbonyl (C=O) groups excluding carboxylic acids is 2. The Morgan fingerprint density at radius 1 is 0.471 bits per heavy atom.